The second-order valence-electron chi connectivity index (χ2n) is 7.76. The molecule has 32 heavy (non-hydrogen) atoms. The molecule has 2 aliphatic rings. The molecule has 5 rings (SSSR count). The van der Waals surface area contributed by atoms with E-state index in [1.807, 2.05) is 53.6 Å². The maximum atomic E-state index is 13.2. The molecular formula is C23H23N5O2S2. The molecule has 2 aromatic heterocycles. The largest absolute Gasteiger partial charge is 0.357 e. The first-order valence-corrected chi connectivity index (χ1v) is 12.4. The molecular weight excluding hydrogens is 442 g/mol. The average Bonchev–Trinajstić information content (AvgIpc) is 3.45. The number of nitrogens with one attached hydrogen (secondary N) is 2. The van der Waals surface area contributed by atoms with Gasteiger partial charge < -0.3 is 10.2 Å². The normalized spacial score (nSPS) is 18.0. The van der Waals surface area contributed by atoms with Gasteiger partial charge in [-0.25, -0.2) is 0 Å². The maximum absolute atomic E-state index is 13.2. The lowest BCUT2D eigenvalue weighted by atomic mass is 9.88. The summed E-state index contributed by atoms with van der Waals surface area (Å²) < 4.78 is 0. The van der Waals surface area contributed by atoms with Crippen LogP contribution in [-0.2, 0) is 16.0 Å². The Morgan fingerprint density at radius 3 is 2.88 bits per heavy atom. The zero-order valence-corrected chi connectivity index (χ0v) is 19.3. The maximum Gasteiger partial charge on any atom is 0.245 e. The third kappa shape index (κ3) is 3.93. The molecule has 9 heteroatoms. The van der Waals surface area contributed by atoms with Crippen molar-refractivity contribution in [2.75, 3.05) is 22.1 Å². The number of Topliss-reactive ketones (excluding diaryl/α,β-unsaturated/α-hetero) is 1. The van der Waals surface area contributed by atoms with E-state index in [0.717, 1.165) is 51.8 Å². The third-order valence-corrected chi connectivity index (χ3v) is 7.59. The smallest absolute Gasteiger partial charge is 0.245 e. The van der Waals surface area contributed by atoms with Crippen LogP contribution in [0.4, 0.5) is 16.5 Å². The molecule has 1 amide bonds. The number of benzene rings is 1. The first kappa shape index (κ1) is 20.8. The van der Waals surface area contributed by atoms with Crippen molar-refractivity contribution >= 4 is 50.9 Å². The highest BCUT2D eigenvalue weighted by Crippen LogP contribution is 2.45. The van der Waals surface area contributed by atoms with Gasteiger partial charge in [-0.3, -0.25) is 14.9 Å². The van der Waals surface area contributed by atoms with Crippen molar-refractivity contribution in [1.29, 1.82) is 0 Å². The van der Waals surface area contributed by atoms with Gasteiger partial charge in [-0.1, -0.05) is 36.5 Å². The quantitative estimate of drug-likeness (QED) is 0.564. The van der Waals surface area contributed by atoms with Gasteiger partial charge in [-0.15, -0.1) is 21.5 Å². The number of para-hydroxylation sites is 2. The molecule has 0 unspecified atom stereocenters. The molecule has 0 radical (unpaired) electrons. The topological polar surface area (TPSA) is 87.2 Å². The van der Waals surface area contributed by atoms with Crippen LogP contribution in [0.2, 0.25) is 0 Å². The Morgan fingerprint density at radius 1 is 1.22 bits per heavy atom. The Kier molecular flexibility index (Phi) is 5.75. The average molecular weight is 466 g/mol. The molecule has 0 bridgehead atoms. The lowest BCUT2D eigenvalue weighted by molar-refractivity contribution is -0.117. The van der Waals surface area contributed by atoms with Crippen molar-refractivity contribution in [1.82, 2.24) is 10.2 Å². The van der Waals surface area contributed by atoms with Crippen LogP contribution in [0.1, 0.15) is 42.1 Å². The van der Waals surface area contributed by atoms with Gasteiger partial charge in [0.2, 0.25) is 11.0 Å². The lowest BCUT2D eigenvalue weighted by Gasteiger charge is -2.34. The summed E-state index contributed by atoms with van der Waals surface area (Å²) >= 11 is 2.99. The Bertz CT molecular complexity index is 1180. The number of carbonyl (C=O) groups excluding carboxylic acids is 2. The molecule has 0 saturated heterocycles. The van der Waals surface area contributed by atoms with Crippen molar-refractivity contribution in [2.24, 2.45) is 0 Å². The summed E-state index contributed by atoms with van der Waals surface area (Å²) in [6, 6.07) is 11.6. The standard InChI is InChI=1S/C23H23N5O2S2/c1-2-20-26-27-23(32-20)25-19(30)13-28-16-9-4-3-7-14(16)24-15-8-5-10-17(29)21(15)22(28)18-11-6-12-31-18/h3-4,6-7,9,11-12,22,24H,2,5,8,10,13H2,1H3,(H,25,27,30)/t22-/m1/s1. The molecule has 1 atom stereocenters. The van der Waals surface area contributed by atoms with E-state index >= 15 is 0 Å². The van der Waals surface area contributed by atoms with Crippen LogP contribution in [0.15, 0.2) is 53.0 Å². The molecule has 2 N–H and O–H groups in total. The zero-order chi connectivity index (χ0) is 22.1. The first-order valence-electron chi connectivity index (χ1n) is 10.7. The highest BCUT2D eigenvalue weighted by Gasteiger charge is 2.37. The van der Waals surface area contributed by atoms with Gasteiger partial charge in [0, 0.05) is 22.6 Å². The van der Waals surface area contributed by atoms with Gasteiger partial charge in [0.15, 0.2) is 5.78 Å². The second-order valence-corrected chi connectivity index (χ2v) is 9.80. The molecule has 1 aliphatic heterocycles. The van der Waals surface area contributed by atoms with E-state index in [1.54, 1.807) is 11.3 Å². The third-order valence-electron chi connectivity index (χ3n) is 5.68. The van der Waals surface area contributed by atoms with E-state index in [0.29, 0.717) is 11.6 Å². The number of nitrogens with zero attached hydrogens (tertiary/aromatic N) is 3. The van der Waals surface area contributed by atoms with E-state index < -0.39 is 0 Å². The number of hydrogen-bond acceptors (Lipinski definition) is 8. The van der Waals surface area contributed by atoms with E-state index in [1.165, 1.54) is 11.3 Å². The second kappa shape index (κ2) is 8.84. The first-order chi connectivity index (χ1) is 15.6. The Labute approximate surface area is 194 Å². The van der Waals surface area contributed by atoms with Crippen molar-refractivity contribution < 1.29 is 9.59 Å². The van der Waals surface area contributed by atoms with Crippen LogP contribution < -0.4 is 15.5 Å². The molecule has 0 spiro atoms. The number of aromatic nitrogens is 2. The highest BCUT2D eigenvalue weighted by atomic mass is 32.1. The van der Waals surface area contributed by atoms with Crippen LogP contribution in [0.3, 0.4) is 0 Å². The minimum Gasteiger partial charge on any atom is -0.357 e. The van der Waals surface area contributed by atoms with Crippen LogP contribution in [0.25, 0.3) is 0 Å². The molecule has 164 valence electrons. The minimum atomic E-state index is -0.319. The number of anilines is 3. The number of fused-ring (bicyclic) bond motifs is 1. The molecule has 1 aromatic carbocycles. The summed E-state index contributed by atoms with van der Waals surface area (Å²) in [4.78, 5) is 29.4. The van der Waals surface area contributed by atoms with Gasteiger partial charge in [0.05, 0.1) is 24.0 Å². The number of hydrogen-bond donors (Lipinski definition) is 2. The predicted octanol–water partition coefficient (Wildman–Crippen LogP) is 4.78. The van der Waals surface area contributed by atoms with Gasteiger partial charge in [0.1, 0.15) is 5.01 Å². The molecule has 7 nitrogen and oxygen atoms in total. The number of aryl methyl sites for hydroxylation is 1. The SMILES string of the molecule is CCc1nnc(NC(=O)CN2c3ccccc3NC3=C(C(=O)CCC3)[C@H]2c2cccs2)s1. The Balaban J connectivity index is 1.56. The van der Waals surface area contributed by atoms with E-state index in [9.17, 15) is 9.59 Å². The van der Waals surface area contributed by atoms with Gasteiger partial charge >= 0.3 is 0 Å². The number of amides is 1. The minimum absolute atomic E-state index is 0.0896. The molecule has 1 aliphatic carbocycles. The van der Waals surface area contributed by atoms with Crippen molar-refractivity contribution in [3.8, 4) is 0 Å². The fraction of sp³-hybridized carbons (Fsp3) is 0.304. The number of ketones is 1. The van der Waals surface area contributed by atoms with Crippen molar-refractivity contribution in [3.05, 3.63) is 62.9 Å². The number of carbonyl (C=O) groups is 2. The Morgan fingerprint density at radius 2 is 2.09 bits per heavy atom. The van der Waals surface area contributed by atoms with Gasteiger partial charge in [-0.05, 0) is 42.8 Å². The van der Waals surface area contributed by atoms with Crippen molar-refractivity contribution in [2.45, 2.75) is 38.6 Å². The fourth-order valence-corrected chi connectivity index (χ4v) is 5.82. The molecule has 3 heterocycles. The fourth-order valence-electron chi connectivity index (χ4n) is 4.28. The molecule has 0 saturated carbocycles. The van der Waals surface area contributed by atoms with Crippen molar-refractivity contribution in [3.63, 3.8) is 0 Å². The number of allylic oxidation sites excluding steroid dienone is 1. The lowest BCUT2D eigenvalue weighted by Crippen LogP contribution is -2.38. The zero-order valence-electron chi connectivity index (χ0n) is 17.6. The summed E-state index contributed by atoms with van der Waals surface area (Å²) in [7, 11) is 0. The summed E-state index contributed by atoms with van der Waals surface area (Å²) in [5.74, 6) is -0.0421. The van der Waals surface area contributed by atoms with E-state index in [4.69, 9.17) is 0 Å². The van der Waals surface area contributed by atoms with Crippen LogP contribution >= 0.6 is 22.7 Å². The predicted molar refractivity (Wildman–Crippen MR) is 128 cm³/mol. The van der Waals surface area contributed by atoms with Gasteiger partial charge in [0.25, 0.3) is 0 Å². The van der Waals surface area contributed by atoms with Gasteiger partial charge in [-0.2, -0.15) is 0 Å². The summed E-state index contributed by atoms with van der Waals surface area (Å²) in [6.07, 6.45) is 2.96. The summed E-state index contributed by atoms with van der Waals surface area (Å²) in [5, 5.41) is 18.0. The number of thiophene rings is 1. The monoisotopic (exact) mass is 465 g/mol. The molecule has 3 aromatic rings. The number of rotatable bonds is 5. The van der Waals surface area contributed by atoms with Crippen LogP contribution in [0, 0.1) is 0 Å². The summed E-state index contributed by atoms with van der Waals surface area (Å²) in [6.45, 7) is 2.09. The molecule has 0 fully saturated rings. The summed E-state index contributed by atoms with van der Waals surface area (Å²) in [5.41, 5.74) is 3.54. The van der Waals surface area contributed by atoms with Crippen LogP contribution in [0.5, 0.6) is 0 Å². The van der Waals surface area contributed by atoms with Crippen LogP contribution in [-0.4, -0.2) is 28.4 Å². The van der Waals surface area contributed by atoms with E-state index in [2.05, 4.69) is 20.8 Å². The highest BCUT2D eigenvalue weighted by molar-refractivity contribution is 7.15. The Hall–Kier alpha value is -3.04. The van der Waals surface area contributed by atoms with E-state index in [-0.39, 0.29) is 24.3 Å².